The molecule has 5 heterocycles. The van der Waals surface area contributed by atoms with Crippen LogP contribution in [-0.4, -0.2) is 72.5 Å². The Balaban J connectivity index is 1.26. The quantitative estimate of drug-likeness (QED) is 0.380. The zero-order chi connectivity index (χ0) is 24.2. The summed E-state index contributed by atoms with van der Waals surface area (Å²) in [6.07, 6.45) is 8.19. The summed E-state index contributed by atoms with van der Waals surface area (Å²) in [6, 6.07) is 7.49. The number of nitrogens with one attached hydrogen (secondary N) is 2. The number of nitrogens with zero attached hydrogens (tertiary/aromatic N) is 8. The number of likely N-dealkylation sites (N-methyl/N-ethyl adjacent to an activating group) is 1. The van der Waals surface area contributed by atoms with E-state index in [1.54, 1.807) is 6.07 Å². The Morgan fingerprint density at radius 2 is 2.00 bits per heavy atom. The Morgan fingerprint density at radius 3 is 2.81 bits per heavy atom. The van der Waals surface area contributed by atoms with Crippen molar-refractivity contribution >= 4 is 28.2 Å². The highest BCUT2D eigenvalue weighted by Gasteiger charge is 2.25. The van der Waals surface area contributed by atoms with Crippen molar-refractivity contribution in [2.45, 2.75) is 25.4 Å². The number of hydrogen-bond acceptors (Lipinski definition) is 7. The molecule has 1 saturated carbocycles. The Hall–Kier alpha value is -3.99. The highest BCUT2D eigenvalue weighted by Crippen LogP contribution is 2.35. The molecule has 1 saturated heterocycles. The molecular formula is C25H27FN10. The molecule has 0 amide bonds. The maximum Gasteiger partial charge on any atom is 0.177 e. The summed E-state index contributed by atoms with van der Waals surface area (Å²) >= 11 is 0. The molecule has 10 nitrogen and oxygen atoms in total. The van der Waals surface area contributed by atoms with Crippen molar-refractivity contribution in [1.29, 1.82) is 0 Å². The number of halogens is 1. The fraction of sp³-hybridized carbons (Fsp3) is 0.360. The molecule has 1 aliphatic heterocycles. The van der Waals surface area contributed by atoms with Crippen LogP contribution in [0.3, 0.4) is 0 Å². The molecule has 11 heteroatoms. The molecule has 2 fully saturated rings. The number of aromatic nitrogens is 7. The van der Waals surface area contributed by atoms with Crippen LogP contribution in [-0.2, 0) is 6.54 Å². The number of anilines is 2. The van der Waals surface area contributed by atoms with Gasteiger partial charge in [-0.1, -0.05) is 6.07 Å². The fourth-order valence-electron chi connectivity index (χ4n) is 4.79. The summed E-state index contributed by atoms with van der Waals surface area (Å²) in [7, 11) is 2.14. The molecular weight excluding hydrogens is 459 g/mol. The third-order valence-corrected chi connectivity index (χ3v) is 7.06. The van der Waals surface area contributed by atoms with Crippen molar-refractivity contribution in [3.63, 3.8) is 0 Å². The summed E-state index contributed by atoms with van der Waals surface area (Å²) < 4.78 is 18.1. The van der Waals surface area contributed by atoms with E-state index < -0.39 is 0 Å². The molecule has 0 unspecified atom stereocenters. The molecule has 0 atom stereocenters. The normalized spacial score (nSPS) is 16.9. The smallest absolute Gasteiger partial charge is 0.177 e. The van der Waals surface area contributed by atoms with Crippen LogP contribution in [0.1, 0.15) is 24.7 Å². The van der Waals surface area contributed by atoms with Gasteiger partial charge in [0.25, 0.3) is 0 Å². The van der Waals surface area contributed by atoms with E-state index in [0.29, 0.717) is 29.4 Å². The van der Waals surface area contributed by atoms with E-state index in [1.807, 2.05) is 33.7 Å². The first-order valence-corrected chi connectivity index (χ1v) is 12.4. The highest BCUT2D eigenvalue weighted by molar-refractivity contribution is 5.77. The van der Waals surface area contributed by atoms with Gasteiger partial charge in [-0.3, -0.25) is 4.68 Å². The summed E-state index contributed by atoms with van der Waals surface area (Å²) in [6.45, 7) is 4.18. The summed E-state index contributed by atoms with van der Waals surface area (Å²) in [5.74, 6) is 1.22. The molecule has 1 aromatic carbocycles. The Kier molecular flexibility index (Phi) is 4.91. The van der Waals surface area contributed by atoms with E-state index in [0.717, 1.165) is 54.6 Å². The van der Waals surface area contributed by atoms with Crippen LogP contribution < -0.4 is 10.2 Å². The monoisotopic (exact) mass is 486 g/mol. The summed E-state index contributed by atoms with van der Waals surface area (Å²) in [5, 5.41) is 13.0. The van der Waals surface area contributed by atoms with Crippen molar-refractivity contribution in [3.05, 3.63) is 54.5 Å². The average molecular weight is 487 g/mol. The number of imidazole rings is 2. The summed E-state index contributed by atoms with van der Waals surface area (Å²) in [4.78, 5) is 17.0. The first-order valence-electron chi connectivity index (χ1n) is 12.4. The lowest BCUT2D eigenvalue weighted by Crippen LogP contribution is -2.45. The molecule has 36 heavy (non-hydrogen) atoms. The van der Waals surface area contributed by atoms with Crippen molar-refractivity contribution in [2.24, 2.45) is 0 Å². The van der Waals surface area contributed by atoms with Gasteiger partial charge in [0.05, 0.1) is 41.9 Å². The van der Waals surface area contributed by atoms with Crippen LogP contribution in [0, 0.1) is 5.82 Å². The molecule has 1 aliphatic carbocycles. The molecule has 4 aromatic heterocycles. The van der Waals surface area contributed by atoms with Gasteiger partial charge in [0, 0.05) is 44.0 Å². The van der Waals surface area contributed by atoms with Gasteiger partial charge >= 0.3 is 0 Å². The van der Waals surface area contributed by atoms with Gasteiger partial charge in [-0.05, 0) is 32.0 Å². The largest absolute Gasteiger partial charge is 0.375 e. The molecule has 0 bridgehead atoms. The maximum absolute atomic E-state index is 14.1. The first-order chi connectivity index (χ1) is 17.6. The van der Waals surface area contributed by atoms with Crippen molar-refractivity contribution in [2.75, 3.05) is 43.4 Å². The number of fused-ring (bicyclic) bond motifs is 2. The molecule has 7 rings (SSSR count). The SMILES string of the molecule is CN1CCN(c2cc(NCc3nc4c(F)cccc4[nH]3)c3ncc(-c4cnn(C5CC5)c4)n3n2)CC1. The van der Waals surface area contributed by atoms with Crippen molar-refractivity contribution < 1.29 is 4.39 Å². The topological polar surface area (TPSA) is 95.2 Å². The molecule has 0 radical (unpaired) electrons. The van der Waals surface area contributed by atoms with Crippen LogP contribution in [0.2, 0.25) is 0 Å². The maximum atomic E-state index is 14.1. The molecule has 2 aliphatic rings. The number of aromatic amines is 1. The second-order valence-electron chi connectivity index (χ2n) is 9.70. The minimum Gasteiger partial charge on any atom is -0.375 e. The van der Waals surface area contributed by atoms with Crippen LogP contribution in [0.4, 0.5) is 15.9 Å². The molecule has 0 spiro atoms. The average Bonchev–Trinajstić information content (AvgIpc) is 3.27. The zero-order valence-electron chi connectivity index (χ0n) is 20.0. The molecule has 2 N–H and O–H groups in total. The number of benzene rings is 1. The van der Waals surface area contributed by atoms with E-state index in [9.17, 15) is 4.39 Å². The number of H-pyrrole nitrogens is 1. The van der Waals surface area contributed by atoms with E-state index in [2.05, 4.69) is 43.4 Å². The third-order valence-electron chi connectivity index (χ3n) is 7.06. The fourth-order valence-corrected chi connectivity index (χ4v) is 4.79. The van der Waals surface area contributed by atoms with E-state index in [4.69, 9.17) is 10.1 Å². The number of hydrogen-bond donors (Lipinski definition) is 2. The molecule has 5 aromatic rings. The number of para-hydroxylation sites is 1. The van der Waals surface area contributed by atoms with Crippen molar-refractivity contribution in [3.8, 4) is 11.3 Å². The Labute approximate surface area is 206 Å². The second-order valence-corrected chi connectivity index (χ2v) is 9.70. The standard InChI is InChI=1S/C25H27FN10/c1-33-7-9-34(10-8-33)23-11-20(27-14-22-30-19-4-2-3-18(26)24(19)31-22)25-28-13-21(36(25)32-23)16-12-29-35(15-16)17-5-6-17/h2-4,11-13,15,17,27H,5-10,14H2,1H3,(H,30,31). The predicted molar refractivity (Wildman–Crippen MR) is 136 cm³/mol. The lowest BCUT2D eigenvalue weighted by molar-refractivity contribution is 0.311. The van der Waals surface area contributed by atoms with Gasteiger partial charge < -0.3 is 20.1 Å². The highest BCUT2D eigenvalue weighted by atomic mass is 19.1. The molecule has 184 valence electrons. The van der Waals surface area contributed by atoms with Gasteiger partial charge in [-0.25, -0.2) is 18.9 Å². The number of rotatable bonds is 6. The Morgan fingerprint density at radius 1 is 1.14 bits per heavy atom. The minimum atomic E-state index is -0.330. The first kappa shape index (κ1) is 21.3. The lowest BCUT2D eigenvalue weighted by atomic mass is 10.3. The minimum absolute atomic E-state index is 0.330. The van der Waals surface area contributed by atoms with Gasteiger partial charge in [-0.2, -0.15) is 5.10 Å². The van der Waals surface area contributed by atoms with E-state index >= 15 is 0 Å². The summed E-state index contributed by atoms with van der Waals surface area (Å²) in [5.41, 5.74) is 4.51. The van der Waals surface area contributed by atoms with E-state index in [1.165, 1.54) is 18.9 Å². The predicted octanol–water partition coefficient (Wildman–Crippen LogP) is 3.31. The van der Waals surface area contributed by atoms with Crippen LogP contribution in [0.5, 0.6) is 0 Å². The van der Waals surface area contributed by atoms with Gasteiger partial charge in [0.2, 0.25) is 0 Å². The third kappa shape index (κ3) is 3.76. The van der Waals surface area contributed by atoms with Gasteiger partial charge in [0.1, 0.15) is 11.3 Å². The van der Waals surface area contributed by atoms with E-state index in [-0.39, 0.29) is 5.82 Å². The Bertz CT molecular complexity index is 1550. The lowest BCUT2D eigenvalue weighted by Gasteiger charge is -2.33. The number of piperazine rings is 1. The van der Waals surface area contributed by atoms with Crippen LogP contribution >= 0.6 is 0 Å². The van der Waals surface area contributed by atoms with Crippen LogP contribution in [0.15, 0.2) is 42.9 Å². The second kappa shape index (κ2) is 8.30. The van der Waals surface area contributed by atoms with Gasteiger partial charge in [-0.15, -0.1) is 5.10 Å². The zero-order valence-corrected chi connectivity index (χ0v) is 20.0. The van der Waals surface area contributed by atoms with Crippen molar-refractivity contribution in [1.82, 2.24) is 39.2 Å². The van der Waals surface area contributed by atoms with Gasteiger partial charge in [0.15, 0.2) is 17.3 Å². The van der Waals surface area contributed by atoms with Crippen LogP contribution in [0.25, 0.3) is 27.9 Å².